The predicted molar refractivity (Wildman–Crippen MR) is 171 cm³/mol. The van der Waals surface area contributed by atoms with E-state index < -0.39 is 0 Å². The van der Waals surface area contributed by atoms with E-state index in [1.165, 1.54) is 18.2 Å². The van der Waals surface area contributed by atoms with Crippen LogP contribution in [0.1, 0.15) is 0 Å². The molecule has 236 valence electrons. The van der Waals surface area contributed by atoms with Gasteiger partial charge in [0.2, 0.25) is 17.8 Å². The van der Waals surface area contributed by atoms with Crippen LogP contribution in [0.3, 0.4) is 0 Å². The van der Waals surface area contributed by atoms with Crippen molar-refractivity contribution in [2.75, 3.05) is 42.4 Å². The molecule has 7 rings (SSSR count). The number of benzene rings is 4. The van der Waals surface area contributed by atoms with Gasteiger partial charge in [0.25, 0.3) is 0 Å². The Balaban J connectivity index is 0.000000194. The first-order chi connectivity index (χ1) is 22.4. The topological polar surface area (TPSA) is 179 Å². The van der Waals surface area contributed by atoms with E-state index in [1.807, 2.05) is 24.3 Å². The van der Waals surface area contributed by atoms with Gasteiger partial charge < -0.3 is 50.2 Å². The maximum Gasteiger partial charge on any atom is 0.233 e. The molecule has 2 unspecified atom stereocenters. The molecule has 4 aromatic carbocycles. The summed E-state index contributed by atoms with van der Waals surface area (Å²) in [5.74, 6) is 2.62. The Morgan fingerprint density at radius 3 is 1.22 bits per heavy atom. The molecule has 2 saturated heterocycles. The minimum Gasteiger partial charge on any atom is -0.508 e. The first kappa shape index (κ1) is 30.2. The third-order valence-electron chi connectivity index (χ3n) is 6.42. The van der Waals surface area contributed by atoms with Crippen molar-refractivity contribution >= 4 is 34.9 Å². The smallest absolute Gasteiger partial charge is 0.233 e. The molecule has 2 fully saturated rings. The summed E-state index contributed by atoms with van der Waals surface area (Å²) in [7, 11) is 0. The lowest BCUT2D eigenvalue weighted by Gasteiger charge is -2.12. The van der Waals surface area contributed by atoms with Crippen LogP contribution in [0.5, 0.6) is 28.7 Å². The fourth-order valence-electron chi connectivity index (χ4n) is 4.04. The Morgan fingerprint density at radius 2 is 0.891 bits per heavy atom. The third kappa shape index (κ3) is 9.61. The van der Waals surface area contributed by atoms with Gasteiger partial charge in [-0.2, -0.15) is 15.0 Å². The Hall–Kier alpha value is -5.79. The van der Waals surface area contributed by atoms with Crippen LogP contribution in [0, 0.1) is 0 Å². The van der Waals surface area contributed by atoms with E-state index in [2.05, 4.69) is 30.9 Å². The number of aromatic hydroxyl groups is 3. The van der Waals surface area contributed by atoms with Gasteiger partial charge >= 0.3 is 0 Å². The molecule has 5 aromatic rings. The van der Waals surface area contributed by atoms with Gasteiger partial charge in [0.1, 0.15) is 54.2 Å². The van der Waals surface area contributed by atoms with Gasteiger partial charge in [0, 0.05) is 41.3 Å². The molecule has 2 atom stereocenters. The maximum atomic E-state index is 9.68. The number of hydrogen-bond acceptors (Lipinski definition) is 13. The summed E-state index contributed by atoms with van der Waals surface area (Å²) < 4.78 is 21.3. The Labute approximate surface area is 264 Å². The van der Waals surface area contributed by atoms with Crippen molar-refractivity contribution in [3.05, 3.63) is 97.1 Å². The minimum absolute atomic E-state index is 0.102. The van der Waals surface area contributed by atoms with Gasteiger partial charge in [-0.15, -0.1) is 0 Å². The normalized spacial score (nSPS) is 15.9. The summed E-state index contributed by atoms with van der Waals surface area (Å²) in [4.78, 5) is 13.0. The molecule has 0 bridgehead atoms. The summed E-state index contributed by atoms with van der Waals surface area (Å²) in [6, 6.07) is 27.3. The van der Waals surface area contributed by atoms with E-state index in [0.717, 1.165) is 24.7 Å². The summed E-state index contributed by atoms with van der Waals surface area (Å²) >= 11 is 0. The lowest BCUT2D eigenvalue weighted by atomic mass is 10.3. The molecule has 3 heterocycles. The largest absolute Gasteiger partial charge is 0.508 e. The van der Waals surface area contributed by atoms with Crippen molar-refractivity contribution in [3.8, 4) is 28.7 Å². The number of phenols is 3. The summed E-state index contributed by atoms with van der Waals surface area (Å²) in [5, 5.41) is 38.1. The minimum atomic E-state index is 0.102. The number of nitrogens with one attached hydrogen (secondary N) is 3. The molecule has 13 nitrogen and oxygen atoms in total. The fraction of sp³-hybridized carbons (Fsp3) is 0.182. The van der Waals surface area contributed by atoms with Crippen molar-refractivity contribution in [1.82, 2.24) is 15.0 Å². The summed E-state index contributed by atoms with van der Waals surface area (Å²) in [6.45, 7) is 2.87. The highest BCUT2D eigenvalue weighted by atomic mass is 16.6. The quantitative estimate of drug-likeness (QED) is 0.0965. The number of ether oxygens (including phenoxy) is 4. The maximum absolute atomic E-state index is 9.68. The molecule has 0 saturated carbocycles. The first-order valence-electron chi connectivity index (χ1n) is 14.5. The SMILES string of the molecule is Oc1cccc(Nc2nc(Nc3cccc(O)c3)nc(Nc3cccc(O)c3)n2)c1.c1cc(OCC2CO2)cc(OCC2CO2)c1. The zero-order chi connectivity index (χ0) is 31.7. The zero-order valence-electron chi connectivity index (χ0n) is 24.5. The van der Waals surface area contributed by atoms with Gasteiger partial charge in [-0.3, -0.25) is 0 Å². The molecule has 2 aliphatic rings. The molecule has 46 heavy (non-hydrogen) atoms. The van der Waals surface area contributed by atoms with E-state index >= 15 is 0 Å². The van der Waals surface area contributed by atoms with Crippen LogP contribution in [-0.2, 0) is 9.47 Å². The Morgan fingerprint density at radius 1 is 0.543 bits per heavy atom. The second-order valence-electron chi connectivity index (χ2n) is 10.3. The molecule has 0 radical (unpaired) electrons. The lowest BCUT2D eigenvalue weighted by molar-refractivity contribution is 0.252. The highest BCUT2D eigenvalue weighted by Gasteiger charge is 2.24. The van der Waals surface area contributed by atoms with E-state index in [9.17, 15) is 15.3 Å². The molecule has 2 aliphatic heterocycles. The number of nitrogens with zero attached hydrogens (tertiary/aromatic N) is 3. The average Bonchev–Trinajstić information content (AvgIpc) is 3.96. The number of rotatable bonds is 12. The molecule has 6 N–H and O–H groups in total. The lowest BCUT2D eigenvalue weighted by Crippen LogP contribution is -2.07. The molecular weight excluding hydrogens is 592 g/mol. The number of aromatic nitrogens is 3. The number of anilines is 6. The summed E-state index contributed by atoms with van der Waals surface area (Å²) in [6.07, 6.45) is 0.564. The second kappa shape index (κ2) is 14.3. The predicted octanol–water partition coefficient (Wildman–Crippen LogP) is 5.46. The van der Waals surface area contributed by atoms with Crippen molar-refractivity contribution in [2.45, 2.75) is 12.2 Å². The molecule has 1 aromatic heterocycles. The molecule has 0 spiro atoms. The van der Waals surface area contributed by atoms with E-state index in [4.69, 9.17) is 18.9 Å². The van der Waals surface area contributed by atoms with Gasteiger partial charge in [0.15, 0.2) is 0 Å². The standard InChI is InChI=1S/C21H18N6O3.C12H14O4/c28-16-7-1-4-13(10-16)22-19-25-20(23-14-5-2-8-17(29)11-14)27-21(26-19)24-15-6-3-9-18(30)12-15;1-2-9(13-5-11-7-15-11)4-10(3-1)14-6-12-8-16-12/h1-12,28-30H,(H3,22,23,24,25,26,27);1-4,11-12H,5-8H2. The van der Waals surface area contributed by atoms with Crippen LogP contribution in [0.2, 0.25) is 0 Å². The van der Waals surface area contributed by atoms with E-state index in [1.54, 1.807) is 54.6 Å². The number of hydrogen-bond donors (Lipinski definition) is 6. The monoisotopic (exact) mass is 624 g/mol. The van der Waals surface area contributed by atoms with Crippen LogP contribution < -0.4 is 25.4 Å². The fourth-order valence-corrected chi connectivity index (χ4v) is 4.04. The van der Waals surface area contributed by atoms with E-state index in [0.29, 0.717) is 30.3 Å². The van der Waals surface area contributed by atoms with Crippen molar-refractivity contribution < 1.29 is 34.3 Å². The zero-order valence-corrected chi connectivity index (χ0v) is 24.5. The van der Waals surface area contributed by atoms with Gasteiger partial charge in [-0.25, -0.2) is 0 Å². The molecule has 0 aliphatic carbocycles. The average molecular weight is 625 g/mol. The second-order valence-corrected chi connectivity index (χ2v) is 10.3. The summed E-state index contributed by atoms with van der Waals surface area (Å²) in [5.41, 5.74) is 1.77. The van der Waals surface area contributed by atoms with E-state index in [-0.39, 0.29) is 47.3 Å². The molecular formula is C33H32N6O7. The van der Waals surface area contributed by atoms with Crippen molar-refractivity contribution in [1.29, 1.82) is 0 Å². The first-order valence-corrected chi connectivity index (χ1v) is 14.5. The highest BCUT2D eigenvalue weighted by Crippen LogP contribution is 2.25. The Kier molecular flexibility index (Phi) is 9.42. The van der Waals surface area contributed by atoms with Gasteiger partial charge in [0.05, 0.1) is 13.2 Å². The molecule has 13 heteroatoms. The number of phenolic OH excluding ortho intramolecular Hbond substituents is 3. The van der Waals surface area contributed by atoms with Crippen LogP contribution >= 0.6 is 0 Å². The Bertz CT molecular complexity index is 1580. The van der Waals surface area contributed by atoms with Crippen LogP contribution in [-0.4, -0.2) is 68.9 Å². The van der Waals surface area contributed by atoms with Crippen LogP contribution in [0.4, 0.5) is 34.9 Å². The van der Waals surface area contributed by atoms with Crippen molar-refractivity contribution in [3.63, 3.8) is 0 Å². The van der Waals surface area contributed by atoms with Crippen LogP contribution in [0.25, 0.3) is 0 Å². The highest BCUT2D eigenvalue weighted by molar-refractivity contribution is 5.63. The third-order valence-corrected chi connectivity index (χ3v) is 6.42. The van der Waals surface area contributed by atoms with Gasteiger partial charge in [-0.1, -0.05) is 24.3 Å². The van der Waals surface area contributed by atoms with Crippen molar-refractivity contribution in [2.24, 2.45) is 0 Å². The van der Waals surface area contributed by atoms with Crippen LogP contribution in [0.15, 0.2) is 97.1 Å². The van der Waals surface area contributed by atoms with Gasteiger partial charge in [-0.05, 0) is 48.5 Å². The molecule has 0 amide bonds. The number of epoxide rings is 2.